The minimum absolute atomic E-state index is 0.566. The number of fused-ring (bicyclic) bond motifs is 1. The summed E-state index contributed by atoms with van der Waals surface area (Å²) in [5.74, 6) is 1.64. The highest BCUT2D eigenvalue weighted by Gasteiger charge is 2.19. The summed E-state index contributed by atoms with van der Waals surface area (Å²) in [6, 6.07) is 8.66. The molecule has 5 heterocycles. The van der Waals surface area contributed by atoms with Crippen LogP contribution in [-0.4, -0.2) is 64.3 Å². The van der Waals surface area contributed by atoms with Crippen LogP contribution in [0.4, 0.5) is 10.3 Å². The van der Waals surface area contributed by atoms with Gasteiger partial charge in [0.2, 0.25) is 0 Å². The Hall–Kier alpha value is -3.03. The molecule has 3 aromatic heterocycles. The first-order chi connectivity index (χ1) is 17.4. The van der Waals surface area contributed by atoms with E-state index in [1.54, 1.807) is 0 Å². The number of aryl methyl sites for hydroxylation is 1. The maximum atomic E-state index is 12.2. The van der Waals surface area contributed by atoms with E-state index < -0.39 is 0 Å². The van der Waals surface area contributed by atoms with E-state index in [9.17, 15) is 4.48 Å². The van der Waals surface area contributed by atoms with Crippen LogP contribution in [0.5, 0.6) is 0 Å². The molecule has 0 unspecified atom stereocenters. The lowest BCUT2D eigenvalue weighted by Crippen LogP contribution is -2.40. The number of anilines is 1. The predicted octanol–water partition coefficient (Wildman–Crippen LogP) is 5.88. The van der Waals surface area contributed by atoms with Crippen LogP contribution in [0.2, 0.25) is 0 Å². The maximum absolute atomic E-state index is 12.2. The minimum atomic E-state index is 0.566. The number of hydrogen-bond acceptors (Lipinski definition) is 5. The summed E-state index contributed by atoms with van der Waals surface area (Å²) in [5.41, 5.74) is 5.51. The van der Waals surface area contributed by atoms with Crippen molar-refractivity contribution in [1.29, 1.82) is 0 Å². The van der Waals surface area contributed by atoms with Crippen LogP contribution in [-0.2, 0) is 6.42 Å². The molecule has 36 heavy (non-hydrogen) atoms. The number of hydrogen-bond donors (Lipinski definition) is 0. The summed E-state index contributed by atoms with van der Waals surface area (Å²) in [7, 11) is 2.01. The normalized spacial score (nSPS) is 17.0. The highest BCUT2D eigenvalue weighted by atomic mass is 19.2. The fourth-order valence-corrected chi connectivity index (χ4v) is 4.65. The molecule has 0 N–H and O–H groups in total. The zero-order chi connectivity index (χ0) is 25.7. The molecule has 7 heteroatoms. The van der Waals surface area contributed by atoms with Gasteiger partial charge < -0.3 is 9.80 Å². The molecule has 0 atom stereocenters. The molecule has 5 rings (SSSR count). The number of allylic oxidation sites excluding steroid dienone is 1. The molecule has 0 amide bonds. The molecule has 0 aliphatic carbocycles. The van der Waals surface area contributed by atoms with Crippen molar-refractivity contribution in [2.45, 2.75) is 39.5 Å². The van der Waals surface area contributed by atoms with E-state index in [1.165, 1.54) is 5.69 Å². The monoisotopic (exact) mass is 490 g/mol. The van der Waals surface area contributed by atoms with Gasteiger partial charge in [-0.3, -0.25) is 4.57 Å². The molecule has 0 saturated carbocycles. The van der Waals surface area contributed by atoms with Crippen molar-refractivity contribution < 1.29 is 4.48 Å². The second-order valence-electron chi connectivity index (χ2n) is 10.2. The molecule has 0 aromatic carbocycles. The van der Waals surface area contributed by atoms with Crippen LogP contribution in [0.1, 0.15) is 44.4 Å². The predicted molar refractivity (Wildman–Crippen MR) is 148 cm³/mol. The number of pyridine rings is 2. The highest BCUT2D eigenvalue weighted by molar-refractivity contribution is 5.81. The van der Waals surface area contributed by atoms with Gasteiger partial charge in [-0.1, -0.05) is 33.1 Å². The van der Waals surface area contributed by atoms with Gasteiger partial charge in [0.15, 0.2) is 0 Å². The van der Waals surface area contributed by atoms with E-state index in [1.807, 2.05) is 25.5 Å². The van der Waals surface area contributed by atoms with Crippen molar-refractivity contribution in [3.8, 4) is 5.69 Å². The van der Waals surface area contributed by atoms with Crippen molar-refractivity contribution >= 4 is 22.9 Å². The van der Waals surface area contributed by atoms with Crippen molar-refractivity contribution in [1.82, 2.24) is 24.6 Å². The lowest BCUT2D eigenvalue weighted by atomic mass is 10.1. The van der Waals surface area contributed by atoms with Gasteiger partial charge in [0.1, 0.15) is 11.5 Å². The lowest BCUT2D eigenvalue weighted by Gasteiger charge is -2.25. The Labute approximate surface area is 214 Å². The second-order valence-corrected chi connectivity index (χ2v) is 10.2. The van der Waals surface area contributed by atoms with E-state index in [-0.39, 0.29) is 0 Å². The first kappa shape index (κ1) is 26.0. The molecule has 3 aromatic rings. The van der Waals surface area contributed by atoms with E-state index in [0.717, 1.165) is 84.2 Å². The first-order valence-electron chi connectivity index (χ1n) is 13.0. The van der Waals surface area contributed by atoms with Crippen LogP contribution < -0.4 is 4.90 Å². The molecular weight excluding hydrogens is 451 g/mol. The standard InChI is InChI=1S/C24H28N4.C5H11FN2/c1-5-19-13-20-14-21(9-8-17(2)3)28(24(20)26-15-19)22-10-11-23(25-16-22)27-12-6-7-18(27)4;1-7-2-4-8(6)5-3-7/h5,10-11,13-17H,1,4,6-9,12H2,2-3H3;2-5H2,1H3. The fourth-order valence-electron chi connectivity index (χ4n) is 4.65. The summed E-state index contributed by atoms with van der Waals surface area (Å²) in [5, 5.41) is 2.01. The van der Waals surface area contributed by atoms with Crippen LogP contribution >= 0.6 is 0 Å². The summed E-state index contributed by atoms with van der Waals surface area (Å²) < 4.78 is 14.4. The van der Waals surface area contributed by atoms with Crippen LogP contribution in [0.3, 0.4) is 0 Å². The van der Waals surface area contributed by atoms with E-state index in [4.69, 9.17) is 9.97 Å². The van der Waals surface area contributed by atoms with Gasteiger partial charge in [0.05, 0.1) is 11.9 Å². The average molecular weight is 491 g/mol. The quantitative estimate of drug-likeness (QED) is 0.403. The van der Waals surface area contributed by atoms with Crippen LogP contribution in [0, 0.1) is 5.92 Å². The number of piperazine rings is 1. The van der Waals surface area contributed by atoms with E-state index in [0.29, 0.717) is 19.0 Å². The molecule has 2 aliphatic heterocycles. The number of aromatic nitrogens is 3. The van der Waals surface area contributed by atoms with Crippen LogP contribution in [0.25, 0.3) is 22.8 Å². The number of likely N-dealkylation sites (N-methyl/N-ethyl adjacent to an activating group) is 1. The summed E-state index contributed by atoms with van der Waals surface area (Å²) in [6.07, 6.45) is 10.1. The van der Waals surface area contributed by atoms with Crippen molar-refractivity contribution in [3.63, 3.8) is 0 Å². The molecule has 2 fully saturated rings. The molecule has 0 bridgehead atoms. The average Bonchev–Trinajstić information content (AvgIpc) is 3.47. The zero-order valence-electron chi connectivity index (χ0n) is 22.0. The highest BCUT2D eigenvalue weighted by Crippen LogP contribution is 2.29. The number of rotatable bonds is 6. The molecule has 2 aliphatic rings. The minimum Gasteiger partial charge on any atom is -0.331 e. The topological polar surface area (TPSA) is 40.4 Å². The van der Waals surface area contributed by atoms with Crippen molar-refractivity contribution in [3.05, 3.63) is 66.8 Å². The van der Waals surface area contributed by atoms with Gasteiger partial charge in [-0.25, -0.2) is 9.97 Å². The molecular formula is C29H39FN6. The Bertz CT molecular complexity index is 1160. The van der Waals surface area contributed by atoms with Gasteiger partial charge in [-0.15, -0.1) is 9.60 Å². The first-order valence-corrected chi connectivity index (χ1v) is 13.0. The Kier molecular flexibility index (Phi) is 8.54. The van der Waals surface area contributed by atoms with Gasteiger partial charge in [-0.2, -0.15) is 0 Å². The Balaban J connectivity index is 0.000000325. The third-order valence-corrected chi connectivity index (χ3v) is 6.90. The number of nitrogens with zero attached hydrogens (tertiary/aromatic N) is 6. The zero-order valence-corrected chi connectivity index (χ0v) is 22.0. The molecule has 6 nitrogen and oxygen atoms in total. The Morgan fingerprint density at radius 3 is 2.42 bits per heavy atom. The van der Waals surface area contributed by atoms with E-state index >= 15 is 0 Å². The third kappa shape index (κ3) is 6.20. The maximum Gasteiger partial charge on any atom is 0.144 e. The second kappa shape index (κ2) is 11.8. The molecule has 0 radical (unpaired) electrons. The molecule has 2 saturated heterocycles. The van der Waals surface area contributed by atoms with E-state index in [2.05, 4.69) is 65.6 Å². The third-order valence-electron chi connectivity index (χ3n) is 6.90. The molecule has 0 spiro atoms. The smallest absolute Gasteiger partial charge is 0.144 e. The lowest BCUT2D eigenvalue weighted by molar-refractivity contribution is -0.0154. The van der Waals surface area contributed by atoms with Gasteiger partial charge >= 0.3 is 0 Å². The largest absolute Gasteiger partial charge is 0.331 e. The Morgan fingerprint density at radius 2 is 1.83 bits per heavy atom. The van der Waals surface area contributed by atoms with Crippen molar-refractivity contribution in [2.75, 3.05) is 44.7 Å². The van der Waals surface area contributed by atoms with Gasteiger partial charge in [0.25, 0.3) is 0 Å². The van der Waals surface area contributed by atoms with Gasteiger partial charge in [0, 0.05) is 55.7 Å². The summed E-state index contributed by atoms with van der Waals surface area (Å²) in [4.78, 5) is 13.8. The van der Waals surface area contributed by atoms with Gasteiger partial charge in [-0.05, 0) is 68.5 Å². The summed E-state index contributed by atoms with van der Waals surface area (Å²) >= 11 is 0. The van der Waals surface area contributed by atoms with Crippen LogP contribution in [0.15, 0.2) is 55.5 Å². The fraction of sp³-hybridized carbons (Fsp3) is 0.448. The summed E-state index contributed by atoms with van der Waals surface area (Å²) in [6.45, 7) is 16.4. The Morgan fingerprint density at radius 1 is 1.06 bits per heavy atom. The molecule has 192 valence electrons. The SMILES string of the molecule is C=Cc1cnc2c(c1)cc(CCC(C)C)n2-c1ccc(N2CCCC2=C)nc1.CN1CCN(F)CC1. The van der Waals surface area contributed by atoms with Crippen molar-refractivity contribution in [2.24, 2.45) is 5.92 Å². The number of halogens is 1.